The van der Waals surface area contributed by atoms with Gasteiger partial charge < -0.3 is 9.84 Å². The molecule has 0 saturated heterocycles. The molecule has 0 saturated carbocycles. The Morgan fingerprint density at radius 3 is 2.41 bits per heavy atom. The fourth-order valence-electron chi connectivity index (χ4n) is 3.73. The lowest BCUT2D eigenvalue weighted by molar-refractivity contribution is -0.0429. The van der Waals surface area contributed by atoms with E-state index in [-0.39, 0.29) is 23.8 Å². The summed E-state index contributed by atoms with van der Waals surface area (Å²) in [5.41, 5.74) is -3.27. The lowest BCUT2D eigenvalue weighted by atomic mass is 9.87. The van der Waals surface area contributed by atoms with Crippen LogP contribution >= 0.6 is 0 Å². The number of halogens is 3. The van der Waals surface area contributed by atoms with Crippen molar-refractivity contribution in [2.24, 2.45) is 5.92 Å². The van der Waals surface area contributed by atoms with Crippen LogP contribution in [-0.2, 0) is 16.4 Å². The molecule has 168 valence electrons. The van der Waals surface area contributed by atoms with Crippen LogP contribution < -0.4 is 9.46 Å². The van der Waals surface area contributed by atoms with Gasteiger partial charge in [-0.25, -0.2) is 0 Å². The predicted molar refractivity (Wildman–Crippen MR) is 115 cm³/mol. The first-order valence-electron chi connectivity index (χ1n) is 9.83. The molecule has 3 aromatic rings. The Bertz CT molecular complexity index is 1210. The van der Waals surface area contributed by atoms with Gasteiger partial charge in [-0.15, -0.1) is 0 Å². The van der Waals surface area contributed by atoms with Crippen LogP contribution in [0.3, 0.4) is 0 Å². The van der Waals surface area contributed by atoms with E-state index >= 15 is 0 Å². The van der Waals surface area contributed by atoms with E-state index < -0.39 is 21.6 Å². The van der Waals surface area contributed by atoms with Gasteiger partial charge in [0, 0.05) is 17.0 Å². The highest BCUT2D eigenvalue weighted by Gasteiger charge is 2.46. The lowest BCUT2D eigenvalue weighted by Gasteiger charge is -2.31. The van der Waals surface area contributed by atoms with E-state index in [4.69, 9.17) is 4.74 Å². The number of ether oxygens (including phenoxy) is 1. The topological polar surface area (TPSA) is 75.6 Å². The Hall–Kier alpha value is -3.04. The van der Waals surface area contributed by atoms with E-state index in [1.807, 2.05) is 30.3 Å². The summed E-state index contributed by atoms with van der Waals surface area (Å²) in [5, 5.41) is 10.8. The Morgan fingerprint density at radius 1 is 1.00 bits per heavy atom. The number of hydrogen-bond acceptors (Lipinski definition) is 4. The van der Waals surface area contributed by atoms with E-state index in [1.54, 1.807) is 29.0 Å². The molecule has 5 nitrogen and oxygen atoms in total. The molecule has 32 heavy (non-hydrogen) atoms. The molecule has 0 amide bonds. The molecule has 2 atom stereocenters. The van der Waals surface area contributed by atoms with Crippen molar-refractivity contribution in [2.45, 2.75) is 18.0 Å². The Labute approximate surface area is 183 Å². The summed E-state index contributed by atoms with van der Waals surface area (Å²) < 4.78 is 69.1. The number of nitrogens with one attached hydrogen (secondary N) is 1. The SMILES string of the molecule is O=S(=O)(Nc1ccccc1-c1ccc2c(c1)OC[C@@H](Cc1ccccc1)[C@H]2O)C(F)(F)F. The molecular formula is C23H20F3NO4S. The highest BCUT2D eigenvalue weighted by molar-refractivity contribution is 7.93. The largest absolute Gasteiger partial charge is 0.516 e. The molecule has 2 N–H and O–H groups in total. The summed E-state index contributed by atoms with van der Waals surface area (Å²) in [6.45, 7) is 0.273. The summed E-state index contributed by atoms with van der Waals surface area (Å²) in [4.78, 5) is 0. The number of sulfonamides is 1. The molecule has 0 aliphatic carbocycles. The van der Waals surface area contributed by atoms with Crippen molar-refractivity contribution in [1.82, 2.24) is 0 Å². The van der Waals surface area contributed by atoms with Gasteiger partial charge in [0.1, 0.15) is 5.75 Å². The summed E-state index contributed by atoms with van der Waals surface area (Å²) >= 11 is 0. The Kier molecular flexibility index (Phi) is 5.87. The van der Waals surface area contributed by atoms with E-state index in [2.05, 4.69) is 0 Å². The zero-order valence-electron chi connectivity index (χ0n) is 16.7. The Morgan fingerprint density at radius 2 is 1.69 bits per heavy atom. The van der Waals surface area contributed by atoms with E-state index in [1.165, 1.54) is 18.2 Å². The minimum absolute atomic E-state index is 0.151. The highest BCUT2D eigenvalue weighted by atomic mass is 32.2. The van der Waals surface area contributed by atoms with Gasteiger partial charge in [-0.05, 0) is 29.7 Å². The first kappa shape index (κ1) is 22.2. The monoisotopic (exact) mass is 463 g/mol. The number of aliphatic hydroxyl groups excluding tert-OH is 1. The third-order valence-electron chi connectivity index (χ3n) is 5.36. The van der Waals surface area contributed by atoms with Gasteiger partial charge in [0.05, 0.1) is 18.4 Å². The second-order valence-electron chi connectivity index (χ2n) is 7.56. The number of fused-ring (bicyclic) bond motifs is 1. The van der Waals surface area contributed by atoms with Crippen molar-refractivity contribution >= 4 is 15.7 Å². The highest BCUT2D eigenvalue weighted by Crippen LogP contribution is 2.41. The van der Waals surface area contributed by atoms with Crippen LogP contribution in [0.1, 0.15) is 17.2 Å². The molecule has 9 heteroatoms. The standard InChI is InChI=1S/C23H20F3NO4S/c24-23(25,26)32(29,30)27-20-9-5-4-8-18(20)16-10-11-19-21(13-16)31-14-17(22(19)28)12-15-6-2-1-3-7-15/h1-11,13,17,22,27-28H,12,14H2/t17-,22-/m1/s1. The lowest BCUT2D eigenvalue weighted by Crippen LogP contribution is -2.30. The maximum absolute atomic E-state index is 12.8. The molecular weight excluding hydrogens is 443 g/mol. The van der Waals surface area contributed by atoms with Crippen molar-refractivity contribution < 1.29 is 31.4 Å². The molecule has 3 aromatic carbocycles. The molecule has 1 aliphatic heterocycles. The van der Waals surface area contributed by atoms with Gasteiger partial charge in [-0.2, -0.15) is 21.6 Å². The molecule has 0 radical (unpaired) electrons. The molecule has 1 heterocycles. The molecule has 4 rings (SSSR count). The zero-order chi connectivity index (χ0) is 22.9. The fraction of sp³-hybridized carbons (Fsp3) is 0.217. The second kappa shape index (κ2) is 8.48. The third kappa shape index (κ3) is 4.44. The molecule has 0 bridgehead atoms. The normalized spacial score (nSPS) is 18.5. The van der Waals surface area contributed by atoms with Gasteiger partial charge >= 0.3 is 15.5 Å². The number of aliphatic hydroxyl groups is 1. The zero-order valence-corrected chi connectivity index (χ0v) is 17.5. The van der Waals surface area contributed by atoms with Crippen LogP contribution in [0.5, 0.6) is 5.75 Å². The summed E-state index contributed by atoms with van der Waals surface area (Å²) in [6.07, 6.45) is -0.141. The molecule has 0 fully saturated rings. The third-order valence-corrected chi connectivity index (χ3v) is 6.46. The van der Waals surface area contributed by atoms with Gasteiger partial charge in [0.25, 0.3) is 0 Å². The first-order chi connectivity index (χ1) is 15.2. The maximum atomic E-state index is 12.8. The Balaban J connectivity index is 1.61. The molecule has 0 spiro atoms. The minimum Gasteiger partial charge on any atom is -0.493 e. The van der Waals surface area contributed by atoms with Crippen molar-refractivity contribution in [3.63, 3.8) is 0 Å². The molecule has 0 unspecified atom stereocenters. The van der Waals surface area contributed by atoms with Crippen LogP contribution in [0.25, 0.3) is 11.1 Å². The molecule has 1 aliphatic rings. The van der Waals surface area contributed by atoms with Crippen molar-refractivity contribution in [3.05, 3.63) is 83.9 Å². The summed E-state index contributed by atoms with van der Waals surface area (Å²) in [5.74, 6) is 0.259. The smallest absolute Gasteiger partial charge is 0.493 e. The van der Waals surface area contributed by atoms with E-state index in [0.717, 1.165) is 5.56 Å². The quantitative estimate of drug-likeness (QED) is 0.565. The maximum Gasteiger partial charge on any atom is 0.516 e. The molecule has 0 aromatic heterocycles. The fourth-order valence-corrected chi connectivity index (χ4v) is 4.31. The van der Waals surface area contributed by atoms with Crippen LogP contribution in [-0.4, -0.2) is 25.6 Å². The number of hydrogen-bond donors (Lipinski definition) is 2. The van der Waals surface area contributed by atoms with Gasteiger partial charge in [-0.1, -0.05) is 60.7 Å². The van der Waals surface area contributed by atoms with Gasteiger partial charge in [0.2, 0.25) is 0 Å². The number of para-hydroxylation sites is 1. The van der Waals surface area contributed by atoms with Gasteiger partial charge in [-0.3, -0.25) is 4.72 Å². The van der Waals surface area contributed by atoms with E-state index in [0.29, 0.717) is 23.3 Å². The van der Waals surface area contributed by atoms with E-state index in [9.17, 15) is 26.7 Å². The first-order valence-corrected chi connectivity index (χ1v) is 11.3. The summed E-state index contributed by atoms with van der Waals surface area (Å²) in [6, 6.07) is 20.4. The number of alkyl halides is 3. The number of rotatable bonds is 5. The average molecular weight is 463 g/mol. The predicted octanol–water partition coefficient (Wildman–Crippen LogP) is 4.90. The van der Waals surface area contributed by atoms with Crippen LogP contribution in [0.15, 0.2) is 72.8 Å². The van der Waals surface area contributed by atoms with Crippen molar-refractivity contribution in [1.29, 1.82) is 0 Å². The van der Waals surface area contributed by atoms with Gasteiger partial charge in [0.15, 0.2) is 0 Å². The minimum atomic E-state index is -5.57. The second-order valence-corrected chi connectivity index (χ2v) is 9.23. The summed E-state index contributed by atoms with van der Waals surface area (Å²) in [7, 11) is -5.57. The van der Waals surface area contributed by atoms with Crippen molar-refractivity contribution in [2.75, 3.05) is 11.3 Å². The van der Waals surface area contributed by atoms with Crippen molar-refractivity contribution in [3.8, 4) is 16.9 Å². The number of benzene rings is 3. The van der Waals surface area contributed by atoms with Crippen LogP contribution in [0, 0.1) is 5.92 Å². The van der Waals surface area contributed by atoms with Crippen LogP contribution in [0.4, 0.5) is 18.9 Å². The van der Waals surface area contributed by atoms with Crippen LogP contribution in [0.2, 0.25) is 0 Å². The average Bonchev–Trinajstić information content (AvgIpc) is 2.75. The number of anilines is 1.